The molecule has 0 aliphatic carbocycles. The molecular formula is C13H17FNS+. The van der Waals surface area contributed by atoms with Gasteiger partial charge in [0.1, 0.15) is 5.82 Å². The molecule has 0 saturated carbocycles. The summed E-state index contributed by atoms with van der Waals surface area (Å²) in [6.07, 6.45) is 2.05. The molecule has 0 spiro atoms. The van der Waals surface area contributed by atoms with Crippen molar-refractivity contribution in [1.82, 2.24) is 0 Å². The molecule has 0 aliphatic heterocycles. The van der Waals surface area contributed by atoms with Gasteiger partial charge in [0.25, 0.3) is 0 Å². The van der Waals surface area contributed by atoms with Crippen molar-refractivity contribution in [3.8, 4) is 11.8 Å². The molecule has 0 aromatic heterocycles. The largest absolute Gasteiger partial charge is 0.310 e. The number of hydrogen-bond acceptors (Lipinski definition) is 1. The van der Waals surface area contributed by atoms with Gasteiger partial charge in [0.05, 0.1) is 21.1 Å². The van der Waals surface area contributed by atoms with E-state index in [0.717, 1.165) is 10.0 Å². The van der Waals surface area contributed by atoms with Gasteiger partial charge in [-0.1, -0.05) is 17.7 Å². The quantitative estimate of drug-likeness (QED) is 0.433. The Morgan fingerprint density at radius 1 is 1.19 bits per heavy atom. The van der Waals surface area contributed by atoms with Crippen molar-refractivity contribution in [3.63, 3.8) is 0 Å². The van der Waals surface area contributed by atoms with E-state index < -0.39 is 0 Å². The lowest BCUT2D eigenvalue weighted by atomic mass is 10.2. The second kappa shape index (κ2) is 5.38. The second-order valence-electron chi connectivity index (χ2n) is 4.48. The predicted octanol–water partition coefficient (Wildman–Crippen LogP) is 2.57. The first kappa shape index (κ1) is 13.1. The maximum Gasteiger partial charge on any atom is 0.197 e. The average molecular weight is 238 g/mol. The molecular weight excluding hydrogens is 221 g/mol. The molecule has 3 heteroatoms. The molecule has 0 aliphatic rings. The van der Waals surface area contributed by atoms with Gasteiger partial charge in [-0.2, -0.15) is 0 Å². The number of hydrogen-bond donors (Lipinski definition) is 0. The summed E-state index contributed by atoms with van der Waals surface area (Å²) < 4.78 is 13.5. The molecule has 0 N–H and O–H groups in total. The van der Waals surface area contributed by atoms with Crippen molar-refractivity contribution in [1.29, 1.82) is 0 Å². The van der Waals surface area contributed by atoms with Crippen LogP contribution in [0.4, 0.5) is 4.39 Å². The maximum atomic E-state index is 12.7. The van der Waals surface area contributed by atoms with Gasteiger partial charge >= 0.3 is 0 Å². The summed E-state index contributed by atoms with van der Waals surface area (Å²) in [5, 5.41) is 0.227. The van der Waals surface area contributed by atoms with Crippen molar-refractivity contribution in [2.75, 3.05) is 27.4 Å². The summed E-state index contributed by atoms with van der Waals surface area (Å²) in [7, 11) is 6.33. The Hall–Kier alpha value is -0.980. The number of quaternary nitrogens is 1. The Morgan fingerprint density at radius 2 is 1.75 bits per heavy atom. The fourth-order valence-corrected chi connectivity index (χ4v) is 2.06. The van der Waals surface area contributed by atoms with Gasteiger partial charge in [-0.25, -0.2) is 4.39 Å². The summed E-state index contributed by atoms with van der Waals surface area (Å²) in [5.41, 5.74) is 0.855. The normalized spacial score (nSPS) is 12.8. The molecule has 0 saturated heterocycles. The number of rotatable bonds is 2. The van der Waals surface area contributed by atoms with Crippen LogP contribution in [0.15, 0.2) is 24.3 Å². The summed E-state index contributed by atoms with van der Waals surface area (Å²) >= 11 is 1.72. The summed E-state index contributed by atoms with van der Waals surface area (Å²) in [6, 6.07) is 6.28. The van der Waals surface area contributed by atoms with Crippen LogP contribution in [0.25, 0.3) is 0 Å². The number of thioether (sulfide) groups is 1. The molecule has 1 aromatic carbocycles. The first-order valence-corrected chi connectivity index (χ1v) is 6.33. The Labute approximate surface area is 101 Å². The highest BCUT2D eigenvalue weighted by atomic mass is 32.2. The minimum atomic E-state index is -0.224. The molecule has 1 aromatic rings. The minimum Gasteiger partial charge on any atom is -0.310 e. The van der Waals surface area contributed by atoms with Crippen LogP contribution >= 0.6 is 11.8 Å². The van der Waals surface area contributed by atoms with Crippen molar-refractivity contribution in [3.05, 3.63) is 35.6 Å². The van der Waals surface area contributed by atoms with E-state index in [-0.39, 0.29) is 11.2 Å². The maximum absolute atomic E-state index is 12.7. The highest BCUT2D eigenvalue weighted by molar-refractivity contribution is 7.99. The molecule has 0 fully saturated rings. The molecule has 0 amide bonds. The molecule has 16 heavy (non-hydrogen) atoms. The first-order valence-electron chi connectivity index (χ1n) is 5.04. The fourth-order valence-electron chi connectivity index (χ4n) is 1.25. The lowest BCUT2D eigenvalue weighted by molar-refractivity contribution is -0.872. The van der Waals surface area contributed by atoms with Crippen molar-refractivity contribution >= 4 is 11.8 Å². The van der Waals surface area contributed by atoms with Crippen LogP contribution in [0.3, 0.4) is 0 Å². The Balaban J connectivity index is 2.84. The Morgan fingerprint density at radius 3 is 2.19 bits per heavy atom. The van der Waals surface area contributed by atoms with E-state index in [2.05, 4.69) is 33.0 Å². The highest BCUT2D eigenvalue weighted by Gasteiger charge is 2.19. The molecule has 0 radical (unpaired) electrons. The van der Waals surface area contributed by atoms with Crippen LogP contribution < -0.4 is 0 Å². The number of nitrogens with zero attached hydrogens (tertiary/aromatic N) is 1. The monoisotopic (exact) mass is 238 g/mol. The standard InChI is InChI=1S/C13H17FNS/c1-15(2,3)13(16-4)10-7-11-5-8-12(14)9-6-11/h5-6,8-9,13H,1-4H3/q+1. The van der Waals surface area contributed by atoms with Crippen molar-refractivity contribution < 1.29 is 8.87 Å². The average Bonchev–Trinajstić information content (AvgIpc) is 2.19. The van der Waals surface area contributed by atoms with Gasteiger partial charge in [0, 0.05) is 5.56 Å². The number of benzene rings is 1. The zero-order valence-corrected chi connectivity index (χ0v) is 10.9. The van der Waals surface area contributed by atoms with Crippen LogP contribution in [-0.2, 0) is 0 Å². The lowest BCUT2D eigenvalue weighted by Crippen LogP contribution is -2.42. The van der Waals surface area contributed by atoms with Crippen LogP contribution in [0.5, 0.6) is 0 Å². The fraction of sp³-hybridized carbons (Fsp3) is 0.385. The zero-order valence-electron chi connectivity index (χ0n) is 10.1. The van der Waals surface area contributed by atoms with Gasteiger partial charge in [0.2, 0.25) is 0 Å². The Kier molecular flexibility index (Phi) is 4.40. The van der Waals surface area contributed by atoms with E-state index in [1.165, 1.54) is 12.1 Å². The van der Waals surface area contributed by atoms with E-state index in [1.54, 1.807) is 23.9 Å². The van der Waals surface area contributed by atoms with E-state index in [1.807, 2.05) is 6.26 Å². The van der Waals surface area contributed by atoms with E-state index in [0.29, 0.717) is 0 Å². The SMILES string of the molecule is CSC(C#Cc1ccc(F)cc1)[N+](C)(C)C. The van der Waals surface area contributed by atoms with Crippen LogP contribution in [0.1, 0.15) is 5.56 Å². The third-order valence-electron chi connectivity index (χ3n) is 2.11. The van der Waals surface area contributed by atoms with Crippen molar-refractivity contribution in [2.24, 2.45) is 0 Å². The smallest absolute Gasteiger partial charge is 0.197 e. The number of halogens is 1. The molecule has 0 heterocycles. The van der Waals surface area contributed by atoms with Crippen LogP contribution in [-0.4, -0.2) is 37.3 Å². The van der Waals surface area contributed by atoms with E-state index in [9.17, 15) is 4.39 Å². The van der Waals surface area contributed by atoms with Crippen LogP contribution in [0.2, 0.25) is 0 Å². The topological polar surface area (TPSA) is 0 Å². The molecule has 1 nitrogen and oxygen atoms in total. The molecule has 1 unspecified atom stereocenters. The van der Waals surface area contributed by atoms with Crippen molar-refractivity contribution in [2.45, 2.75) is 5.37 Å². The van der Waals surface area contributed by atoms with Gasteiger partial charge in [-0.05, 0) is 36.4 Å². The summed E-state index contributed by atoms with van der Waals surface area (Å²) in [5.74, 6) is 6.06. The third kappa shape index (κ3) is 3.88. The predicted molar refractivity (Wildman–Crippen MR) is 68.6 cm³/mol. The highest BCUT2D eigenvalue weighted by Crippen LogP contribution is 2.14. The third-order valence-corrected chi connectivity index (χ3v) is 3.31. The van der Waals surface area contributed by atoms with Gasteiger partial charge in [-0.3, -0.25) is 0 Å². The zero-order chi connectivity index (χ0) is 12.2. The summed E-state index contributed by atoms with van der Waals surface area (Å²) in [4.78, 5) is 0. The molecule has 0 bridgehead atoms. The van der Waals surface area contributed by atoms with E-state index >= 15 is 0 Å². The first-order chi connectivity index (χ1) is 7.43. The summed E-state index contributed by atoms with van der Waals surface area (Å²) in [6.45, 7) is 0. The van der Waals surface area contributed by atoms with Gasteiger partial charge in [0.15, 0.2) is 5.37 Å². The molecule has 1 rings (SSSR count). The van der Waals surface area contributed by atoms with Gasteiger partial charge < -0.3 is 4.48 Å². The second-order valence-corrected chi connectivity index (χ2v) is 5.40. The molecule has 1 atom stereocenters. The van der Waals surface area contributed by atoms with Crippen LogP contribution in [0, 0.1) is 17.7 Å². The van der Waals surface area contributed by atoms with Gasteiger partial charge in [-0.15, -0.1) is 0 Å². The Bertz CT molecular complexity index is 395. The minimum absolute atomic E-state index is 0.224. The molecule has 86 valence electrons. The van der Waals surface area contributed by atoms with E-state index in [4.69, 9.17) is 0 Å². The lowest BCUT2D eigenvalue weighted by Gasteiger charge is -2.28.